The van der Waals surface area contributed by atoms with E-state index in [9.17, 15) is 9.59 Å². The second-order valence-corrected chi connectivity index (χ2v) is 7.97. The third kappa shape index (κ3) is 4.84. The largest absolute Gasteiger partial charge is 0.396 e. The average Bonchev–Trinajstić information content (AvgIpc) is 2.98. The number of hydrogen-bond donors (Lipinski definition) is 2. The summed E-state index contributed by atoms with van der Waals surface area (Å²) in [6.45, 7) is 1.47. The zero-order valence-electron chi connectivity index (χ0n) is 16.0. The van der Waals surface area contributed by atoms with Gasteiger partial charge in [0.05, 0.1) is 10.5 Å². The lowest BCUT2D eigenvalue weighted by atomic mass is 10.2. The number of pyridine rings is 1. The molecule has 1 aliphatic heterocycles. The Morgan fingerprint density at radius 1 is 1.34 bits per heavy atom. The first kappa shape index (κ1) is 21.4. The van der Waals surface area contributed by atoms with Gasteiger partial charge in [0.25, 0.3) is 11.5 Å². The molecule has 1 aliphatic rings. The number of methoxy groups -OCH3 is 1. The van der Waals surface area contributed by atoms with Crippen LogP contribution < -0.4 is 10.9 Å². The van der Waals surface area contributed by atoms with Crippen LogP contribution in [0.5, 0.6) is 0 Å². The number of ether oxygens (including phenoxy) is 1. The fourth-order valence-electron chi connectivity index (χ4n) is 2.84. The molecular weight excluding hydrogens is 412 g/mol. The van der Waals surface area contributed by atoms with E-state index in [1.54, 1.807) is 37.6 Å². The third-order valence-electron chi connectivity index (χ3n) is 4.28. The van der Waals surface area contributed by atoms with Gasteiger partial charge in [-0.3, -0.25) is 18.9 Å². The Bertz CT molecular complexity index is 1010. The number of aliphatic hydroxyl groups is 1. The van der Waals surface area contributed by atoms with Crippen molar-refractivity contribution < 1.29 is 14.6 Å². The number of rotatable bonds is 9. The number of thiocarbonyl (C=S) groups is 1. The average molecular weight is 435 g/mol. The maximum Gasteiger partial charge on any atom is 0.267 e. The van der Waals surface area contributed by atoms with E-state index in [-0.39, 0.29) is 23.6 Å². The number of aromatic nitrogens is 2. The first-order valence-corrected chi connectivity index (χ1v) is 10.4. The number of nitrogens with one attached hydrogen (secondary N) is 1. The minimum Gasteiger partial charge on any atom is -0.396 e. The van der Waals surface area contributed by atoms with Gasteiger partial charge in [-0.25, -0.2) is 4.98 Å². The molecule has 0 bridgehead atoms. The summed E-state index contributed by atoms with van der Waals surface area (Å²) in [5.74, 6) is 0.147. The number of anilines is 1. The molecular formula is C19H22N4O4S2. The smallest absolute Gasteiger partial charge is 0.267 e. The summed E-state index contributed by atoms with van der Waals surface area (Å²) < 4.78 is 6.92. The molecule has 8 nitrogen and oxygen atoms in total. The Kier molecular flexibility index (Phi) is 7.37. The Balaban J connectivity index is 1.98. The van der Waals surface area contributed by atoms with Crippen LogP contribution >= 0.6 is 24.0 Å². The number of nitrogens with zero attached hydrogens (tertiary/aromatic N) is 3. The fourth-order valence-corrected chi connectivity index (χ4v) is 4.13. The van der Waals surface area contributed by atoms with Gasteiger partial charge in [0, 0.05) is 39.6 Å². The van der Waals surface area contributed by atoms with Crippen molar-refractivity contribution in [2.75, 3.05) is 38.7 Å². The monoisotopic (exact) mass is 434 g/mol. The van der Waals surface area contributed by atoms with Gasteiger partial charge < -0.3 is 15.2 Å². The number of carbonyl (C=O) groups excluding carboxylic acids is 1. The summed E-state index contributed by atoms with van der Waals surface area (Å²) in [7, 11) is 1.61. The van der Waals surface area contributed by atoms with Crippen molar-refractivity contribution in [2.45, 2.75) is 12.8 Å². The lowest BCUT2D eigenvalue weighted by Gasteiger charge is -2.13. The van der Waals surface area contributed by atoms with Crippen LogP contribution in [0.2, 0.25) is 0 Å². The number of carbonyl (C=O) groups is 1. The van der Waals surface area contributed by atoms with Crippen molar-refractivity contribution in [3.05, 3.63) is 45.2 Å². The summed E-state index contributed by atoms with van der Waals surface area (Å²) >= 11 is 6.50. The van der Waals surface area contributed by atoms with Gasteiger partial charge in [0.1, 0.15) is 15.8 Å². The van der Waals surface area contributed by atoms with Crippen LogP contribution in [0.4, 0.5) is 5.82 Å². The minimum absolute atomic E-state index is 0.0228. The molecule has 2 aromatic rings. The quantitative estimate of drug-likeness (QED) is 0.350. The van der Waals surface area contributed by atoms with Gasteiger partial charge in [-0.05, 0) is 31.1 Å². The number of amides is 1. The molecule has 0 aliphatic carbocycles. The highest BCUT2D eigenvalue weighted by Crippen LogP contribution is 2.33. The van der Waals surface area contributed by atoms with Crippen molar-refractivity contribution in [3.63, 3.8) is 0 Å². The Morgan fingerprint density at radius 2 is 2.17 bits per heavy atom. The Hall–Kier alpha value is -2.27. The summed E-state index contributed by atoms with van der Waals surface area (Å²) in [6.07, 6.45) is 4.36. The van der Waals surface area contributed by atoms with E-state index in [2.05, 4.69) is 10.3 Å². The highest BCUT2D eigenvalue weighted by atomic mass is 32.2. The molecule has 2 N–H and O–H groups in total. The SMILES string of the molecule is COCCCN1C(=O)/C(=C/c2c(NCCCO)nc3ccccn3c2=O)SC1=S. The van der Waals surface area contributed by atoms with E-state index < -0.39 is 0 Å². The highest BCUT2D eigenvalue weighted by molar-refractivity contribution is 8.26. The van der Waals surface area contributed by atoms with Crippen molar-refractivity contribution in [3.8, 4) is 0 Å². The van der Waals surface area contributed by atoms with E-state index in [4.69, 9.17) is 22.1 Å². The first-order chi connectivity index (χ1) is 14.1. The molecule has 0 atom stereocenters. The van der Waals surface area contributed by atoms with Crippen LogP contribution in [-0.2, 0) is 9.53 Å². The predicted molar refractivity (Wildman–Crippen MR) is 118 cm³/mol. The molecule has 0 unspecified atom stereocenters. The number of fused-ring (bicyclic) bond motifs is 1. The third-order valence-corrected chi connectivity index (χ3v) is 5.65. The molecule has 0 spiro atoms. The van der Waals surface area contributed by atoms with E-state index in [0.29, 0.717) is 53.2 Å². The minimum atomic E-state index is -0.285. The second kappa shape index (κ2) is 9.97. The molecule has 2 aromatic heterocycles. The molecule has 3 rings (SSSR count). The van der Waals surface area contributed by atoms with Crippen molar-refractivity contribution in [1.29, 1.82) is 0 Å². The van der Waals surface area contributed by atoms with Crippen LogP contribution in [0, 0.1) is 0 Å². The lowest BCUT2D eigenvalue weighted by molar-refractivity contribution is -0.122. The van der Waals surface area contributed by atoms with E-state index in [0.717, 1.165) is 0 Å². The van der Waals surface area contributed by atoms with Crippen molar-refractivity contribution in [1.82, 2.24) is 14.3 Å². The zero-order valence-corrected chi connectivity index (χ0v) is 17.6. The molecule has 154 valence electrons. The van der Waals surface area contributed by atoms with Crippen LogP contribution in [0.15, 0.2) is 34.1 Å². The molecule has 1 fully saturated rings. The Labute approximate surface area is 177 Å². The lowest BCUT2D eigenvalue weighted by Crippen LogP contribution is -2.29. The summed E-state index contributed by atoms with van der Waals surface area (Å²) in [5, 5.41) is 12.1. The van der Waals surface area contributed by atoms with E-state index in [1.165, 1.54) is 21.1 Å². The molecule has 29 heavy (non-hydrogen) atoms. The molecule has 1 saturated heterocycles. The van der Waals surface area contributed by atoms with Gasteiger partial charge >= 0.3 is 0 Å². The number of aliphatic hydroxyl groups excluding tert-OH is 1. The first-order valence-electron chi connectivity index (χ1n) is 9.17. The molecule has 3 heterocycles. The second-order valence-electron chi connectivity index (χ2n) is 6.29. The normalized spacial score (nSPS) is 15.7. The van der Waals surface area contributed by atoms with Gasteiger partial charge in [0.2, 0.25) is 0 Å². The zero-order chi connectivity index (χ0) is 20.8. The van der Waals surface area contributed by atoms with Crippen molar-refractivity contribution in [2.24, 2.45) is 0 Å². The van der Waals surface area contributed by atoms with Gasteiger partial charge in [-0.15, -0.1) is 0 Å². The molecule has 1 amide bonds. The molecule has 0 aromatic carbocycles. The molecule has 0 saturated carbocycles. The maximum atomic E-state index is 13.1. The van der Waals surface area contributed by atoms with Gasteiger partial charge in [-0.2, -0.15) is 0 Å². The standard InChI is InChI=1S/C19H22N4O4S2/c1-27-11-5-9-23-18(26)14(29-19(23)28)12-13-16(20-7-4-10-24)21-15-6-2-3-8-22(15)17(13)25/h2-3,6,8,12,20,24H,4-5,7,9-11H2,1H3/b14-12-. The number of thioether (sulfide) groups is 1. The summed E-state index contributed by atoms with van der Waals surface area (Å²) in [5.41, 5.74) is 0.490. The highest BCUT2D eigenvalue weighted by Gasteiger charge is 2.32. The van der Waals surface area contributed by atoms with E-state index >= 15 is 0 Å². The van der Waals surface area contributed by atoms with E-state index in [1.807, 2.05) is 0 Å². The topological polar surface area (TPSA) is 96.2 Å². The van der Waals surface area contributed by atoms with Gasteiger partial charge in [0.15, 0.2) is 0 Å². The predicted octanol–water partition coefficient (Wildman–Crippen LogP) is 1.73. The molecule has 10 heteroatoms. The van der Waals surface area contributed by atoms with Gasteiger partial charge in [-0.1, -0.05) is 30.0 Å². The maximum absolute atomic E-state index is 13.1. The number of hydrogen-bond acceptors (Lipinski definition) is 8. The summed E-state index contributed by atoms with van der Waals surface area (Å²) in [6, 6.07) is 5.27. The molecule has 0 radical (unpaired) electrons. The van der Waals surface area contributed by atoms with Crippen LogP contribution in [-0.4, -0.2) is 63.0 Å². The van der Waals surface area contributed by atoms with Crippen LogP contribution in [0.1, 0.15) is 18.4 Å². The van der Waals surface area contributed by atoms with Crippen LogP contribution in [0.3, 0.4) is 0 Å². The van der Waals surface area contributed by atoms with Crippen LogP contribution in [0.25, 0.3) is 11.7 Å². The summed E-state index contributed by atoms with van der Waals surface area (Å²) in [4.78, 5) is 32.3. The van der Waals surface area contributed by atoms with Crippen molar-refractivity contribution >= 4 is 51.7 Å². The fraction of sp³-hybridized carbons (Fsp3) is 0.368. The Morgan fingerprint density at radius 3 is 2.93 bits per heavy atom.